The molecule has 0 aliphatic heterocycles. The second kappa shape index (κ2) is 7.03. The van der Waals surface area contributed by atoms with Gasteiger partial charge < -0.3 is 5.11 Å². The lowest BCUT2D eigenvalue weighted by Gasteiger charge is -2.18. The Hall–Kier alpha value is -0.910. The van der Waals surface area contributed by atoms with Crippen molar-refractivity contribution in [2.24, 2.45) is 0 Å². The van der Waals surface area contributed by atoms with Crippen LogP contribution in [0.3, 0.4) is 0 Å². The lowest BCUT2D eigenvalue weighted by molar-refractivity contribution is 0.173. The highest BCUT2D eigenvalue weighted by Gasteiger charge is 2.21. The number of hydrogen-bond donors (Lipinski definition) is 1. The van der Waals surface area contributed by atoms with Crippen molar-refractivity contribution in [1.82, 2.24) is 4.31 Å². The number of aliphatic hydroxyl groups is 1. The number of unbranched alkanes of at least 4 members (excludes halogenated alkanes) is 1. The first kappa shape index (κ1) is 16.1. The van der Waals surface area contributed by atoms with Crippen LogP contribution in [0.2, 0.25) is 0 Å². The Labute approximate surface area is 116 Å². The molecule has 0 aliphatic rings. The number of rotatable bonds is 7. The van der Waals surface area contributed by atoms with Crippen molar-refractivity contribution < 1.29 is 13.5 Å². The van der Waals surface area contributed by atoms with Crippen molar-refractivity contribution in [3.05, 3.63) is 29.8 Å². The SMILES string of the molecule is CCCCN(C)S(=O)(=O)c1cccc(C(O)CC)c1. The molecule has 0 heterocycles. The first-order chi connectivity index (χ1) is 8.93. The zero-order valence-electron chi connectivity index (χ0n) is 11.8. The van der Waals surface area contributed by atoms with Gasteiger partial charge in [0, 0.05) is 13.6 Å². The summed E-state index contributed by atoms with van der Waals surface area (Å²) in [4.78, 5) is 0.246. The lowest BCUT2D eigenvalue weighted by atomic mass is 10.1. The molecule has 0 amide bonds. The molecule has 19 heavy (non-hydrogen) atoms. The van der Waals surface area contributed by atoms with Crippen LogP contribution in [0.5, 0.6) is 0 Å². The van der Waals surface area contributed by atoms with Crippen LogP contribution in [0, 0.1) is 0 Å². The van der Waals surface area contributed by atoms with Crippen molar-refractivity contribution in [2.75, 3.05) is 13.6 Å². The van der Waals surface area contributed by atoms with Crippen LogP contribution in [0.4, 0.5) is 0 Å². The Morgan fingerprint density at radius 2 is 2.00 bits per heavy atom. The second-order valence-electron chi connectivity index (χ2n) is 4.68. The van der Waals surface area contributed by atoms with E-state index in [0.717, 1.165) is 12.8 Å². The van der Waals surface area contributed by atoms with Gasteiger partial charge in [0.25, 0.3) is 0 Å². The van der Waals surface area contributed by atoms with E-state index in [4.69, 9.17) is 0 Å². The Balaban J connectivity index is 3.01. The number of sulfonamides is 1. The molecule has 0 aromatic heterocycles. The van der Waals surface area contributed by atoms with Crippen molar-refractivity contribution in [3.63, 3.8) is 0 Å². The van der Waals surface area contributed by atoms with Crippen molar-refractivity contribution in [3.8, 4) is 0 Å². The Morgan fingerprint density at radius 3 is 2.58 bits per heavy atom. The van der Waals surface area contributed by atoms with Crippen LogP contribution in [0.15, 0.2) is 29.2 Å². The van der Waals surface area contributed by atoms with Gasteiger partial charge in [-0.1, -0.05) is 32.4 Å². The van der Waals surface area contributed by atoms with E-state index >= 15 is 0 Å². The van der Waals surface area contributed by atoms with E-state index < -0.39 is 16.1 Å². The fraction of sp³-hybridized carbons (Fsp3) is 0.571. The summed E-state index contributed by atoms with van der Waals surface area (Å²) < 4.78 is 26.1. The van der Waals surface area contributed by atoms with Gasteiger partial charge in [-0.3, -0.25) is 0 Å². The van der Waals surface area contributed by atoms with Crippen LogP contribution >= 0.6 is 0 Å². The van der Waals surface area contributed by atoms with Gasteiger partial charge in [0.2, 0.25) is 10.0 Å². The largest absolute Gasteiger partial charge is 0.388 e. The zero-order chi connectivity index (χ0) is 14.5. The third kappa shape index (κ3) is 4.03. The molecule has 1 rings (SSSR count). The Bertz CT molecular complexity index is 499. The topological polar surface area (TPSA) is 57.6 Å². The highest BCUT2D eigenvalue weighted by molar-refractivity contribution is 7.89. The fourth-order valence-electron chi connectivity index (χ4n) is 1.80. The van der Waals surface area contributed by atoms with Gasteiger partial charge >= 0.3 is 0 Å². The Kier molecular flexibility index (Phi) is 5.97. The van der Waals surface area contributed by atoms with E-state index in [1.54, 1.807) is 31.3 Å². The maximum Gasteiger partial charge on any atom is 0.242 e. The molecule has 0 bridgehead atoms. The van der Waals surface area contributed by atoms with E-state index in [-0.39, 0.29) is 4.90 Å². The minimum atomic E-state index is -3.45. The standard InChI is InChI=1S/C14H23NO3S/c1-4-6-10-15(3)19(17,18)13-9-7-8-12(11-13)14(16)5-2/h7-9,11,14,16H,4-6,10H2,1-3H3. The molecule has 0 saturated carbocycles. The van der Waals surface area contributed by atoms with Gasteiger partial charge in [-0.25, -0.2) is 12.7 Å². The van der Waals surface area contributed by atoms with Gasteiger partial charge in [0.15, 0.2) is 0 Å². The summed E-state index contributed by atoms with van der Waals surface area (Å²) in [5, 5.41) is 9.79. The van der Waals surface area contributed by atoms with Crippen LogP contribution < -0.4 is 0 Å². The average molecular weight is 285 g/mol. The number of hydrogen-bond acceptors (Lipinski definition) is 3. The van der Waals surface area contributed by atoms with Crippen molar-refractivity contribution >= 4 is 10.0 Å². The maximum atomic E-state index is 12.3. The quantitative estimate of drug-likeness (QED) is 0.837. The molecular weight excluding hydrogens is 262 g/mol. The van der Waals surface area contributed by atoms with Gasteiger partial charge in [0.05, 0.1) is 11.0 Å². The molecule has 1 N–H and O–H groups in total. The van der Waals surface area contributed by atoms with Crippen LogP contribution in [0.1, 0.15) is 44.8 Å². The molecule has 108 valence electrons. The minimum Gasteiger partial charge on any atom is -0.388 e. The molecule has 0 fully saturated rings. The van der Waals surface area contributed by atoms with Crippen LogP contribution in [-0.2, 0) is 10.0 Å². The molecule has 1 atom stereocenters. The molecule has 4 nitrogen and oxygen atoms in total. The van der Waals surface area contributed by atoms with E-state index in [2.05, 4.69) is 0 Å². The predicted molar refractivity (Wildman–Crippen MR) is 76.4 cm³/mol. The lowest BCUT2D eigenvalue weighted by Crippen LogP contribution is -2.28. The first-order valence-corrected chi connectivity index (χ1v) is 8.11. The molecule has 1 aromatic rings. The molecule has 0 spiro atoms. The van der Waals surface area contributed by atoms with Gasteiger partial charge in [-0.05, 0) is 30.5 Å². The molecule has 0 radical (unpaired) electrons. The minimum absolute atomic E-state index is 0.246. The number of nitrogens with zero attached hydrogens (tertiary/aromatic N) is 1. The van der Waals surface area contributed by atoms with Crippen LogP contribution in [0.25, 0.3) is 0 Å². The van der Waals surface area contributed by atoms with E-state index in [9.17, 15) is 13.5 Å². The van der Waals surface area contributed by atoms with Crippen molar-refractivity contribution in [2.45, 2.75) is 44.1 Å². The first-order valence-electron chi connectivity index (χ1n) is 6.67. The monoisotopic (exact) mass is 285 g/mol. The number of benzene rings is 1. The summed E-state index contributed by atoms with van der Waals surface area (Å²) in [5.74, 6) is 0. The summed E-state index contributed by atoms with van der Waals surface area (Å²) in [6.45, 7) is 4.40. The highest BCUT2D eigenvalue weighted by atomic mass is 32.2. The highest BCUT2D eigenvalue weighted by Crippen LogP contribution is 2.21. The summed E-state index contributed by atoms with van der Waals surface area (Å²) >= 11 is 0. The summed E-state index contributed by atoms with van der Waals surface area (Å²) in [6, 6.07) is 6.56. The van der Waals surface area contributed by atoms with Gasteiger partial charge in [-0.15, -0.1) is 0 Å². The van der Waals surface area contributed by atoms with Gasteiger partial charge in [-0.2, -0.15) is 0 Å². The number of aliphatic hydroxyl groups excluding tert-OH is 1. The normalized spacial score (nSPS) is 13.7. The summed E-state index contributed by atoms with van der Waals surface area (Å²) in [7, 11) is -1.86. The summed E-state index contributed by atoms with van der Waals surface area (Å²) in [5.41, 5.74) is 0.646. The van der Waals surface area contributed by atoms with E-state index in [0.29, 0.717) is 18.5 Å². The molecule has 0 saturated heterocycles. The zero-order valence-corrected chi connectivity index (χ0v) is 12.7. The van der Waals surface area contributed by atoms with Crippen LogP contribution in [-0.4, -0.2) is 31.4 Å². The Morgan fingerprint density at radius 1 is 1.32 bits per heavy atom. The predicted octanol–water partition coefficient (Wildman–Crippen LogP) is 2.55. The second-order valence-corrected chi connectivity index (χ2v) is 6.72. The smallest absolute Gasteiger partial charge is 0.242 e. The van der Waals surface area contributed by atoms with Crippen molar-refractivity contribution in [1.29, 1.82) is 0 Å². The summed E-state index contributed by atoms with van der Waals surface area (Å²) in [6.07, 6.45) is 1.74. The van der Waals surface area contributed by atoms with E-state index in [1.807, 2.05) is 13.8 Å². The maximum absolute atomic E-state index is 12.3. The molecule has 5 heteroatoms. The van der Waals surface area contributed by atoms with E-state index in [1.165, 1.54) is 4.31 Å². The molecular formula is C14H23NO3S. The molecule has 1 aromatic carbocycles. The third-order valence-electron chi connectivity index (χ3n) is 3.16. The van der Waals surface area contributed by atoms with Gasteiger partial charge in [0.1, 0.15) is 0 Å². The molecule has 1 unspecified atom stereocenters. The third-order valence-corrected chi connectivity index (χ3v) is 5.02. The average Bonchev–Trinajstić information content (AvgIpc) is 2.43. The molecule has 0 aliphatic carbocycles. The fourth-order valence-corrected chi connectivity index (χ4v) is 3.06.